The molecule has 4 heteroatoms. The average Bonchev–Trinajstić information content (AvgIpc) is 2.63. The zero-order chi connectivity index (χ0) is 13.1. The third-order valence-electron chi connectivity index (χ3n) is 1.87. The number of hydrogen-bond donors (Lipinski definition) is 0. The predicted octanol–water partition coefficient (Wildman–Crippen LogP) is 2.99. The highest BCUT2D eigenvalue weighted by Gasteiger charge is 2.24. The zero-order valence-corrected chi connectivity index (χ0v) is 10.3. The van der Waals surface area contributed by atoms with Gasteiger partial charge in [-0.15, -0.1) is 6.58 Å². The minimum absolute atomic E-state index is 0.0270. The highest BCUT2D eigenvalue weighted by atomic mass is 16.6. The van der Waals surface area contributed by atoms with E-state index in [0.29, 0.717) is 0 Å². The molecule has 0 fully saturated rings. The fraction of sp³-hybridized carbons (Fsp3) is 0.385. The number of hydrogen-bond acceptors (Lipinski definition) is 4. The molecule has 0 radical (unpaired) electrons. The lowest BCUT2D eigenvalue weighted by Gasteiger charge is -2.19. The maximum absolute atomic E-state index is 11.8. The number of furan rings is 1. The van der Waals surface area contributed by atoms with Gasteiger partial charge in [0.2, 0.25) is 5.78 Å². The summed E-state index contributed by atoms with van der Waals surface area (Å²) in [5.41, 5.74) is -0.445. The number of ether oxygens (including phenoxy) is 1. The van der Waals surface area contributed by atoms with Crippen LogP contribution in [0.2, 0.25) is 0 Å². The van der Waals surface area contributed by atoms with Gasteiger partial charge in [0.05, 0.1) is 6.26 Å². The molecular weight excluding hydrogens is 220 g/mol. The quantitative estimate of drug-likeness (QED) is 0.458. The molecule has 0 N–H and O–H groups in total. The van der Waals surface area contributed by atoms with Crippen LogP contribution in [0.15, 0.2) is 29.4 Å². The first kappa shape index (κ1) is 13.2. The monoisotopic (exact) mass is 236 g/mol. The summed E-state index contributed by atoms with van der Waals surface area (Å²) in [6, 6.07) is 1.43. The van der Waals surface area contributed by atoms with Crippen LogP contribution in [0, 0.1) is 0 Å². The molecule has 4 nitrogen and oxygen atoms in total. The SMILES string of the molecule is C=CCC(=O)c1occc1C(=O)OC(C)(C)C. The summed E-state index contributed by atoms with van der Waals surface area (Å²) in [6.07, 6.45) is 2.89. The van der Waals surface area contributed by atoms with Gasteiger partial charge < -0.3 is 9.15 Å². The van der Waals surface area contributed by atoms with E-state index in [0.717, 1.165) is 0 Å². The normalized spacial score (nSPS) is 11.0. The summed E-state index contributed by atoms with van der Waals surface area (Å²) in [5.74, 6) is -0.816. The first-order valence-electron chi connectivity index (χ1n) is 5.30. The van der Waals surface area contributed by atoms with Crippen LogP contribution < -0.4 is 0 Å². The van der Waals surface area contributed by atoms with Gasteiger partial charge in [-0.2, -0.15) is 0 Å². The van der Waals surface area contributed by atoms with Gasteiger partial charge in [-0.3, -0.25) is 4.79 Å². The van der Waals surface area contributed by atoms with E-state index in [4.69, 9.17) is 9.15 Å². The molecule has 0 unspecified atom stereocenters. The van der Waals surface area contributed by atoms with Crippen molar-refractivity contribution in [3.8, 4) is 0 Å². The second-order valence-electron chi connectivity index (χ2n) is 4.58. The van der Waals surface area contributed by atoms with Gasteiger partial charge in [-0.05, 0) is 26.8 Å². The van der Waals surface area contributed by atoms with Crippen molar-refractivity contribution in [2.45, 2.75) is 32.8 Å². The Morgan fingerprint density at radius 3 is 2.65 bits per heavy atom. The molecule has 1 rings (SSSR count). The molecule has 0 atom stereocenters. The van der Waals surface area contributed by atoms with E-state index in [2.05, 4.69) is 6.58 Å². The van der Waals surface area contributed by atoms with Crippen LogP contribution in [0.3, 0.4) is 0 Å². The lowest BCUT2D eigenvalue weighted by Crippen LogP contribution is -2.24. The molecule has 92 valence electrons. The van der Waals surface area contributed by atoms with Gasteiger partial charge in [-0.1, -0.05) is 6.08 Å². The molecule has 1 aromatic heterocycles. The van der Waals surface area contributed by atoms with Crippen LogP contribution in [0.4, 0.5) is 0 Å². The summed E-state index contributed by atoms with van der Waals surface area (Å²) in [7, 11) is 0. The van der Waals surface area contributed by atoms with Crippen LogP contribution in [0.5, 0.6) is 0 Å². The summed E-state index contributed by atoms with van der Waals surface area (Å²) < 4.78 is 10.2. The second kappa shape index (κ2) is 4.99. The number of allylic oxidation sites excluding steroid dienone is 1. The van der Waals surface area contributed by atoms with Gasteiger partial charge >= 0.3 is 5.97 Å². The van der Waals surface area contributed by atoms with Gasteiger partial charge in [0.15, 0.2) is 5.76 Å². The van der Waals surface area contributed by atoms with Gasteiger partial charge in [0, 0.05) is 6.42 Å². The standard InChI is InChI=1S/C13H16O4/c1-5-6-10(14)11-9(7-8-16-11)12(15)17-13(2,3)4/h5,7-8H,1,6H2,2-4H3. The summed E-state index contributed by atoms with van der Waals surface area (Å²) in [5, 5.41) is 0. The van der Waals surface area contributed by atoms with Crippen LogP contribution in [0.25, 0.3) is 0 Å². The molecule has 1 aromatic rings. The largest absolute Gasteiger partial charge is 0.460 e. The molecule has 0 aromatic carbocycles. The Morgan fingerprint density at radius 2 is 2.12 bits per heavy atom. The van der Waals surface area contributed by atoms with E-state index < -0.39 is 11.6 Å². The van der Waals surface area contributed by atoms with E-state index in [1.54, 1.807) is 20.8 Å². The average molecular weight is 236 g/mol. The Labute approximate surface area is 100 Å². The Bertz CT molecular complexity index is 435. The first-order chi connectivity index (χ1) is 7.85. The number of esters is 1. The topological polar surface area (TPSA) is 56.5 Å². The van der Waals surface area contributed by atoms with E-state index in [9.17, 15) is 9.59 Å². The van der Waals surface area contributed by atoms with E-state index in [1.165, 1.54) is 18.4 Å². The molecule has 0 saturated carbocycles. The Hall–Kier alpha value is -1.84. The van der Waals surface area contributed by atoms with Gasteiger partial charge in [0.1, 0.15) is 11.2 Å². The van der Waals surface area contributed by atoms with Crippen molar-refractivity contribution in [3.63, 3.8) is 0 Å². The van der Waals surface area contributed by atoms with Crippen molar-refractivity contribution < 1.29 is 18.7 Å². The molecule has 0 amide bonds. The van der Waals surface area contributed by atoms with Crippen LogP contribution in [-0.4, -0.2) is 17.4 Å². The maximum Gasteiger partial charge on any atom is 0.342 e. The van der Waals surface area contributed by atoms with Crippen molar-refractivity contribution in [3.05, 3.63) is 36.3 Å². The number of Topliss-reactive ketones (excluding diaryl/α,β-unsaturated/α-hetero) is 1. The fourth-order valence-corrected chi connectivity index (χ4v) is 1.24. The summed E-state index contributed by atoms with van der Waals surface area (Å²) >= 11 is 0. The first-order valence-corrected chi connectivity index (χ1v) is 5.30. The minimum Gasteiger partial charge on any atom is -0.460 e. The van der Waals surface area contributed by atoms with Crippen LogP contribution >= 0.6 is 0 Å². The second-order valence-corrected chi connectivity index (χ2v) is 4.58. The molecular formula is C13H16O4. The molecule has 0 bridgehead atoms. The van der Waals surface area contributed by atoms with Crippen molar-refractivity contribution in [1.82, 2.24) is 0 Å². The van der Waals surface area contributed by atoms with E-state index in [1.807, 2.05) is 0 Å². The van der Waals surface area contributed by atoms with E-state index in [-0.39, 0.29) is 23.5 Å². The molecule has 0 aliphatic heterocycles. The Kier molecular flexibility index (Phi) is 3.89. The Balaban J connectivity index is 2.92. The van der Waals surface area contributed by atoms with Gasteiger partial charge in [0.25, 0.3) is 0 Å². The number of carbonyl (C=O) groups is 2. The van der Waals surface area contributed by atoms with Crippen molar-refractivity contribution in [1.29, 1.82) is 0 Å². The molecule has 0 aliphatic rings. The molecule has 17 heavy (non-hydrogen) atoms. The summed E-state index contributed by atoms with van der Waals surface area (Å²) in [6.45, 7) is 8.75. The molecule has 0 spiro atoms. The number of ketones is 1. The lowest BCUT2D eigenvalue weighted by molar-refractivity contribution is 0.00666. The van der Waals surface area contributed by atoms with Crippen LogP contribution in [0.1, 0.15) is 48.1 Å². The molecule has 0 aliphatic carbocycles. The number of rotatable bonds is 4. The Morgan fingerprint density at radius 1 is 1.47 bits per heavy atom. The van der Waals surface area contributed by atoms with E-state index >= 15 is 0 Å². The molecule has 0 saturated heterocycles. The number of carbonyl (C=O) groups excluding carboxylic acids is 2. The highest BCUT2D eigenvalue weighted by Crippen LogP contribution is 2.18. The smallest absolute Gasteiger partial charge is 0.342 e. The predicted molar refractivity (Wildman–Crippen MR) is 63.0 cm³/mol. The van der Waals surface area contributed by atoms with Crippen molar-refractivity contribution in [2.75, 3.05) is 0 Å². The fourth-order valence-electron chi connectivity index (χ4n) is 1.24. The zero-order valence-electron chi connectivity index (χ0n) is 10.3. The minimum atomic E-state index is -0.604. The van der Waals surface area contributed by atoms with Gasteiger partial charge in [-0.25, -0.2) is 4.79 Å². The van der Waals surface area contributed by atoms with Crippen LogP contribution in [-0.2, 0) is 4.74 Å². The third kappa shape index (κ3) is 3.59. The summed E-state index contributed by atoms with van der Waals surface area (Å²) in [4.78, 5) is 23.4. The maximum atomic E-state index is 11.8. The van der Waals surface area contributed by atoms with Crippen molar-refractivity contribution >= 4 is 11.8 Å². The molecule has 1 heterocycles. The highest BCUT2D eigenvalue weighted by molar-refractivity contribution is 6.04. The lowest BCUT2D eigenvalue weighted by atomic mass is 10.1. The van der Waals surface area contributed by atoms with Crippen molar-refractivity contribution in [2.24, 2.45) is 0 Å². The third-order valence-corrected chi connectivity index (χ3v) is 1.87.